The Bertz CT molecular complexity index is 601. The lowest BCUT2D eigenvalue weighted by Gasteiger charge is -2.19. The van der Waals surface area contributed by atoms with Gasteiger partial charge in [0.1, 0.15) is 5.75 Å². The fourth-order valence-electron chi connectivity index (χ4n) is 2.12. The minimum absolute atomic E-state index is 0.0998. The Morgan fingerprint density at radius 2 is 1.68 bits per heavy atom. The SMILES string of the molecule is CCNC(=NCc1ccc(OCC(F)(F)F)cc1)NCCN(C)CC(F)(F)F. The van der Waals surface area contributed by atoms with Crippen molar-refractivity contribution < 1.29 is 31.1 Å². The summed E-state index contributed by atoms with van der Waals surface area (Å²) in [5, 5.41) is 5.91. The quantitative estimate of drug-likeness (QED) is 0.370. The van der Waals surface area contributed by atoms with E-state index in [1.54, 1.807) is 12.1 Å². The number of ether oxygens (including phenoxy) is 1. The van der Waals surface area contributed by atoms with Crippen molar-refractivity contribution in [1.29, 1.82) is 0 Å². The molecule has 11 heteroatoms. The molecule has 0 fully saturated rings. The molecule has 0 atom stereocenters. The molecule has 0 saturated carbocycles. The van der Waals surface area contributed by atoms with E-state index in [4.69, 9.17) is 0 Å². The fourth-order valence-corrected chi connectivity index (χ4v) is 2.12. The predicted octanol–water partition coefficient (Wildman–Crippen LogP) is 3.18. The molecule has 1 aromatic carbocycles. The molecule has 0 aliphatic rings. The maximum absolute atomic E-state index is 12.3. The summed E-state index contributed by atoms with van der Waals surface area (Å²) in [7, 11) is 1.38. The van der Waals surface area contributed by atoms with Crippen molar-refractivity contribution in [2.45, 2.75) is 25.8 Å². The van der Waals surface area contributed by atoms with Gasteiger partial charge in [-0.15, -0.1) is 0 Å². The van der Waals surface area contributed by atoms with Crippen LogP contribution >= 0.6 is 0 Å². The maximum Gasteiger partial charge on any atom is 0.422 e. The van der Waals surface area contributed by atoms with Gasteiger partial charge in [0.15, 0.2) is 12.6 Å². The third-order valence-electron chi connectivity index (χ3n) is 3.32. The number of rotatable bonds is 9. The van der Waals surface area contributed by atoms with Gasteiger partial charge >= 0.3 is 12.4 Å². The van der Waals surface area contributed by atoms with Crippen molar-refractivity contribution in [3.05, 3.63) is 29.8 Å². The molecule has 160 valence electrons. The summed E-state index contributed by atoms with van der Waals surface area (Å²) < 4.78 is 77.9. The monoisotopic (exact) mass is 414 g/mol. The van der Waals surface area contributed by atoms with Crippen LogP contribution in [-0.2, 0) is 6.54 Å². The topological polar surface area (TPSA) is 48.9 Å². The number of hydrogen-bond donors (Lipinski definition) is 2. The highest BCUT2D eigenvalue weighted by Crippen LogP contribution is 2.19. The molecule has 0 unspecified atom stereocenters. The van der Waals surface area contributed by atoms with E-state index in [-0.39, 0.29) is 25.4 Å². The van der Waals surface area contributed by atoms with Gasteiger partial charge in [-0.05, 0) is 31.7 Å². The third kappa shape index (κ3) is 11.5. The van der Waals surface area contributed by atoms with Gasteiger partial charge in [-0.3, -0.25) is 4.90 Å². The van der Waals surface area contributed by atoms with Gasteiger partial charge in [-0.2, -0.15) is 26.3 Å². The van der Waals surface area contributed by atoms with E-state index >= 15 is 0 Å². The molecule has 1 rings (SSSR count). The average molecular weight is 414 g/mol. The molecule has 0 amide bonds. The first kappa shape index (κ1) is 23.9. The highest BCUT2D eigenvalue weighted by Gasteiger charge is 2.29. The molecule has 5 nitrogen and oxygen atoms in total. The standard InChI is InChI=1S/C17H24F6N4O/c1-3-24-15(25-8-9-27(2)11-16(18,19)20)26-10-13-4-6-14(7-5-13)28-12-17(21,22)23/h4-7H,3,8-12H2,1-2H3,(H2,24,25,26). The van der Waals surface area contributed by atoms with Gasteiger partial charge < -0.3 is 15.4 Å². The summed E-state index contributed by atoms with van der Waals surface area (Å²) in [5.74, 6) is 0.531. The number of guanidine groups is 1. The van der Waals surface area contributed by atoms with Crippen LogP contribution in [0.15, 0.2) is 29.3 Å². The Balaban J connectivity index is 2.50. The van der Waals surface area contributed by atoms with Crippen LogP contribution in [0.5, 0.6) is 5.75 Å². The zero-order valence-electron chi connectivity index (χ0n) is 15.6. The zero-order chi connectivity index (χ0) is 21.2. The average Bonchev–Trinajstić information content (AvgIpc) is 2.56. The van der Waals surface area contributed by atoms with Gasteiger partial charge in [-0.25, -0.2) is 4.99 Å². The lowest BCUT2D eigenvalue weighted by molar-refractivity contribution is -0.153. The molecule has 0 aliphatic carbocycles. The van der Waals surface area contributed by atoms with Crippen molar-refractivity contribution in [1.82, 2.24) is 15.5 Å². The summed E-state index contributed by atoms with van der Waals surface area (Å²) in [4.78, 5) is 5.45. The third-order valence-corrected chi connectivity index (χ3v) is 3.32. The van der Waals surface area contributed by atoms with Crippen LogP contribution in [0.1, 0.15) is 12.5 Å². The molecular formula is C17H24F6N4O. The second-order valence-corrected chi connectivity index (χ2v) is 6.02. The van der Waals surface area contributed by atoms with Gasteiger partial charge in [0, 0.05) is 19.6 Å². The molecular weight excluding hydrogens is 390 g/mol. The normalized spacial score (nSPS) is 13.0. The van der Waals surface area contributed by atoms with E-state index in [0.29, 0.717) is 12.5 Å². The number of aliphatic imine (C=N–C) groups is 1. The van der Waals surface area contributed by atoms with Gasteiger partial charge in [0.05, 0.1) is 13.1 Å². The first-order chi connectivity index (χ1) is 13.0. The number of hydrogen-bond acceptors (Lipinski definition) is 3. The van der Waals surface area contributed by atoms with E-state index in [1.165, 1.54) is 19.2 Å². The van der Waals surface area contributed by atoms with Crippen molar-refractivity contribution in [2.24, 2.45) is 4.99 Å². The number of likely N-dealkylation sites (N-methyl/N-ethyl adjacent to an activating group) is 1. The van der Waals surface area contributed by atoms with E-state index in [0.717, 1.165) is 10.5 Å². The minimum atomic E-state index is -4.40. The Hall–Kier alpha value is -2.17. The van der Waals surface area contributed by atoms with Gasteiger partial charge in [0.25, 0.3) is 0 Å². The fraction of sp³-hybridized carbons (Fsp3) is 0.588. The minimum Gasteiger partial charge on any atom is -0.484 e. The predicted molar refractivity (Wildman–Crippen MR) is 94.4 cm³/mol. The van der Waals surface area contributed by atoms with Crippen LogP contribution in [0, 0.1) is 0 Å². The van der Waals surface area contributed by atoms with Crippen LogP contribution in [0.3, 0.4) is 0 Å². The molecule has 0 radical (unpaired) electrons. The smallest absolute Gasteiger partial charge is 0.422 e. The van der Waals surface area contributed by atoms with E-state index in [9.17, 15) is 26.3 Å². The van der Waals surface area contributed by atoms with Crippen LogP contribution in [-0.4, -0.2) is 63.0 Å². The lowest BCUT2D eigenvalue weighted by atomic mass is 10.2. The molecule has 0 saturated heterocycles. The number of nitrogens with zero attached hydrogens (tertiary/aromatic N) is 2. The van der Waals surface area contributed by atoms with E-state index < -0.39 is 25.5 Å². The number of benzene rings is 1. The van der Waals surface area contributed by atoms with Gasteiger partial charge in [0.2, 0.25) is 0 Å². The summed E-state index contributed by atoms with van der Waals surface area (Å²) in [5.41, 5.74) is 0.741. The molecule has 0 aromatic heterocycles. The second kappa shape index (κ2) is 11.0. The molecule has 1 aromatic rings. The Labute approximate surface area is 159 Å². The Kier molecular flexibility index (Phi) is 9.36. The molecule has 0 aliphatic heterocycles. The van der Waals surface area contributed by atoms with Crippen molar-refractivity contribution >= 4 is 5.96 Å². The van der Waals surface area contributed by atoms with E-state index in [1.807, 2.05) is 6.92 Å². The van der Waals surface area contributed by atoms with Crippen LogP contribution in [0.2, 0.25) is 0 Å². The molecule has 0 bridgehead atoms. The maximum atomic E-state index is 12.3. The van der Waals surface area contributed by atoms with Crippen molar-refractivity contribution in [2.75, 3.05) is 39.8 Å². The highest BCUT2D eigenvalue weighted by molar-refractivity contribution is 5.79. The van der Waals surface area contributed by atoms with Crippen LogP contribution in [0.4, 0.5) is 26.3 Å². The Morgan fingerprint density at radius 1 is 1.04 bits per heavy atom. The van der Waals surface area contributed by atoms with Crippen LogP contribution < -0.4 is 15.4 Å². The number of halogens is 6. The first-order valence-corrected chi connectivity index (χ1v) is 8.54. The highest BCUT2D eigenvalue weighted by atomic mass is 19.4. The Morgan fingerprint density at radius 3 is 2.21 bits per heavy atom. The van der Waals surface area contributed by atoms with Crippen molar-refractivity contribution in [3.8, 4) is 5.75 Å². The molecule has 2 N–H and O–H groups in total. The van der Waals surface area contributed by atoms with Gasteiger partial charge in [-0.1, -0.05) is 12.1 Å². The first-order valence-electron chi connectivity index (χ1n) is 8.54. The summed E-state index contributed by atoms with van der Waals surface area (Å²) in [6.45, 7) is 0.742. The molecule has 0 spiro atoms. The largest absolute Gasteiger partial charge is 0.484 e. The van der Waals surface area contributed by atoms with Crippen LogP contribution in [0.25, 0.3) is 0 Å². The zero-order valence-corrected chi connectivity index (χ0v) is 15.6. The number of alkyl halides is 6. The van der Waals surface area contributed by atoms with E-state index in [2.05, 4.69) is 20.4 Å². The van der Waals surface area contributed by atoms with Crippen molar-refractivity contribution in [3.63, 3.8) is 0 Å². The lowest BCUT2D eigenvalue weighted by Crippen LogP contribution is -2.42. The molecule has 28 heavy (non-hydrogen) atoms. The number of nitrogens with one attached hydrogen (secondary N) is 2. The second-order valence-electron chi connectivity index (χ2n) is 6.02. The summed E-state index contributed by atoms with van der Waals surface area (Å²) in [6.07, 6.45) is -8.65. The molecule has 0 heterocycles. The summed E-state index contributed by atoms with van der Waals surface area (Å²) in [6, 6.07) is 6.03. The summed E-state index contributed by atoms with van der Waals surface area (Å²) >= 11 is 0.